The fraction of sp³-hybridized carbons (Fsp3) is 0. The van der Waals surface area contributed by atoms with Gasteiger partial charge < -0.3 is 9.29 Å². The number of rotatable bonds is 3. The van der Waals surface area contributed by atoms with Crippen molar-refractivity contribution in [3.8, 4) is 17.6 Å². The largest absolute Gasteiger partial charge is 1.00 e. The minimum Gasteiger partial charge on any atom is -0.768 e. The average Bonchev–Trinajstić information content (AvgIpc) is 2.40. The number of nitriles is 1. The molecule has 90 valence electrons. The molecule has 2 aromatic carbocycles. The molecular weight excluding hydrogens is 273 g/mol. The number of ether oxygens (including phenoxy) is 1. The van der Waals surface area contributed by atoms with Gasteiger partial charge in [-0.15, -0.1) is 0 Å². The second-order valence-corrected chi connectivity index (χ2v) is 4.39. The summed E-state index contributed by atoms with van der Waals surface area (Å²) in [5.41, 5.74) is 0.555. The van der Waals surface area contributed by atoms with Crippen LogP contribution in [0.4, 0.5) is 0 Å². The predicted octanol–water partition coefficient (Wildman–Crippen LogP) is -0.407. The average molecular weight is 281 g/mol. The first kappa shape index (κ1) is 15.9. The monoisotopic (exact) mass is 281 g/mol. The van der Waals surface area contributed by atoms with Crippen LogP contribution in [0.2, 0.25) is 0 Å². The molecule has 0 aliphatic carbocycles. The Morgan fingerprint density at radius 1 is 1.00 bits per heavy atom. The van der Waals surface area contributed by atoms with E-state index in [1.54, 1.807) is 36.4 Å². The molecule has 0 aliphatic heterocycles. The molecule has 0 heterocycles. The summed E-state index contributed by atoms with van der Waals surface area (Å²) in [6.07, 6.45) is 0. The van der Waals surface area contributed by atoms with Crippen molar-refractivity contribution in [3.05, 3.63) is 54.1 Å². The summed E-state index contributed by atoms with van der Waals surface area (Å²) < 4.78 is 26.8. The molecule has 2 rings (SSSR count). The molecule has 0 N–H and O–H groups in total. The minimum atomic E-state index is -2.23. The fourth-order valence-corrected chi connectivity index (χ4v) is 1.71. The van der Waals surface area contributed by atoms with Gasteiger partial charge in [-0.2, -0.15) is 5.26 Å². The van der Waals surface area contributed by atoms with Gasteiger partial charge in [-0.1, -0.05) is 0 Å². The van der Waals surface area contributed by atoms with E-state index >= 15 is 0 Å². The van der Waals surface area contributed by atoms with E-state index in [1.807, 2.05) is 6.07 Å². The molecule has 0 bridgehead atoms. The summed E-state index contributed by atoms with van der Waals surface area (Å²) in [4.78, 5) is 0.210. The molecule has 0 fully saturated rings. The molecule has 0 saturated heterocycles. The van der Waals surface area contributed by atoms with Crippen molar-refractivity contribution in [2.75, 3.05) is 0 Å². The van der Waals surface area contributed by atoms with E-state index in [1.165, 1.54) is 12.1 Å². The fourth-order valence-electron chi connectivity index (χ4n) is 1.35. The summed E-state index contributed by atoms with van der Waals surface area (Å²) in [6.45, 7) is 0. The Hall–Kier alpha value is -1.16. The van der Waals surface area contributed by atoms with E-state index in [4.69, 9.17) is 10.00 Å². The SMILES string of the molecule is N#Cc1ccc(Oc2ccc(S(=O)[O-])cc2)cc1.[Na+]. The number of nitrogens with zero attached hydrogens (tertiary/aromatic N) is 1. The first-order valence-electron chi connectivity index (χ1n) is 5.06. The van der Waals surface area contributed by atoms with E-state index < -0.39 is 11.1 Å². The molecule has 2 aromatic rings. The zero-order valence-corrected chi connectivity index (χ0v) is 13.0. The van der Waals surface area contributed by atoms with Crippen molar-refractivity contribution >= 4 is 11.1 Å². The molecule has 0 aliphatic rings. The summed E-state index contributed by atoms with van der Waals surface area (Å²) in [5, 5.41) is 8.65. The van der Waals surface area contributed by atoms with Crippen LogP contribution in [0.5, 0.6) is 11.5 Å². The van der Waals surface area contributed by atoms with Gasteiger partial charge in [-0.05, 0) is 59.6 Å². The third-order valence-electron chi connectivity index (χ3n) is 2.24. The van der Waals surface area contributed by atoms with Gasteiger partial charge >= 0.3 is 29.6 Å². The Morgan fingerprint density at radius 2 is 1.47 bits per heavy atom. The number of hydrogen-bond donors (Lipinski definition) is 0. The summed E-state index contributed by atoms with van der Waals surface area (Å²) in [6, 6.07) is 14.7. The zero-order chi connectivity index (χ0) is 13.0. The molecule has 4 nitrogen and oxygen atoms in total. The molecule has 1 unspecified atom stereocenters. The van der Waals surface area contributed by atoms with Crippen molar-refractivity contribution in [2.24, 2.45) is 0 Å². The molecule has 0 spiro atoms. The van der Waals surface area contributed by atoms with Crippen molar-refractivity contribution in [2.45, 2.75) is 4.90 Å². The topological polar surface area (TPSA) is 73.1 Å². The Balaban J connectivity index is 0.00000180. The van der Waals surface area contributed by atoms with Gasteiger partial charge in [0, 0.05) is 4.90 Å². The third kappa shape index (κ3) is 4.46. The maximum atomic E-state index is 10.7. The molecule has 0 saturated carbocycles. The Kier molecular flexibility index (Phi) is 6.22. The maximum absolute atomic E-state index is 10.7. The van der Waals surface area contributed by atoms with E-state index in [9.17, 15) is 8.76 Å². The van der Waals surface area contributed by atoms with Gasteiger partial charge in [-0.3, -0.25) is 4.21 Å². The minimum absolute atomic E-state index is 0. The van der Waals surface area contributed by atoms with Gasteiger partial charge in [0.1, 0.15) is 11.5 Å². The molecule has 0 radical (unpaired) electrons. The molecule has 6 heteroatoms. The Labute approximate surface area is 135 Å². The third-order valence-corrected chi connectivity index (χ3v) is 2.89. The van der Waals surface area contributed by atoms with Crippen molar-refractivity contribution < 1.29 is 43.1 Å². The Bertz CT molecular complexity index is 605. The van der Waals surface area contributed by atoms with Crippen molar-refractivity contribution in [3.63, 3.8) is 0 Å². The van der Waals surface area contributed by atoms with E-state index in [0.717, 1.165) is 0 Å². The second kappa shape index (κ2) is 7.43. The van der Waals surface area contributed by atoms with Gasteiger partial charge in [0.15, 0.2) is 0 Å². The summed E-state index contributed by atoms with van der Waals surface area (Å²) in [7, 11) is 0. The first-order valence-corrected chi connectivity index (χ1v) is 6.14. The molecule has 0 amide bonds. The second-order valence-electron chi connectivity index (χ2n) is 3.44. The predicted molar refractivity (Wildman–Crippen MR) is 64.9 cm³/mol. The maximum Gasteiger partial charge on any atom is 1.00 e. The van der Waals surface area contributed by atoms with Crippen LogP contribution in [0.1, 0.15) is 5.56 Å². The standard InChI is InChI=1S/C13H9NO3S.Na/c14-9-10-1-3-11(4-2-10)17-12-5-7-13(8-6-12)18(15)16;/h1-8H,(H,15,16);/q;+1/p-1. The van der Waals surface area contributed by atoms with Crippen LogP contribution in [-0.2, 0) is 11.1 Å². The summed E-state index contributed by atoms with van der Waals surface area (Å²) >= 11 is -2.23. The molecule has 19 heavy (non-hydrogen) atoms. The van der Waals surface area contributed by atoms with Gasteiger partial charge in [0.05, 0.1) is 11.6 Å². The first-order chi connectivity index (χ1) is 8.69. The molecule has 0 aromatic heterocycles. The van der Waals surface area contributed by atoms with Crippen LogP contribution in [0.3, 0.4) is 0 Å². The van der Waals surface area contributed by atoms with Crippen molar-refractivity contribution in [1.82, 2.24) is 0 Å². The van der Waals surface area contributed by atoms with Crippen LogP contribution >= 0.6 is 0 Å². The van der Waals surface area contributed by atoms with Gasteiger partial charge in [0.25, 0.3) is 0 Å². The van der Waals surface area contributed by atoms with Crippen LogP contribution < -0.4 is 34.3 Å². The number of benzene rings is 2. The van der Waals surface area contributed by atoms with Gasteiger partial charge in [0.2, 0.25) is 0 Å². The smallest absolute Gasteiger partial charge is 0.768 e. The van der Waals surface area contributed by atoms with Crippen LogP contribution in [0, 0.1) is 11.3 Å². The van der Waals surface area contributed by atoms with Crippen LogP contribution in [0.15, 0.2) is 53.4 Å². The molecular formula is C13H8NNaO3S. The zero-order valence-electron chi connectivity index (χ0n) is 10.2. The molecule has 1 atom stereocenters. The van der Waals surface area contributed by atoms with E-state index in [-0.39, 0.29) is 34.5 Å². The summed E-state index contributed by atoms with van der Waals surface area (Å²) in [5.74, 6) is 1.12. The van der Waals surface area contributed by atoms with Gasteiger partial charge in [-0.25, -0.2) is 0 Å². The van der Waals surface area contributed by atoms with E-state index in [2.05, 4.69) is 0 Å². The quantitative estimate of drug-likeness (QED) is 0.566. The number of hydrogen-bond acceptors (Lipinski definition) is 4. The van der Waals surface area contributed by atoms with E-state index in [0.29, 0.717) is 17.1 Å². The van der Waals surface area contributed by atoms with Crippen LogP contribution in [-0.4, -0.2) is 8.76 Å². The van der Waals surface area contributed by atoms with Crippen molar-refractivity contribution in [1.29, 1.82) is 5.26 Å². The Morgan fingerprint density at radius 3 is 1.89 bits per heavy atom. The van der Waals surface area contributed by atoms with Crippen LogP contribution in [0.25, 0.3) is 0 Å². The normalized spacial score (nSPS) is 10.9.